The van der Waals surface area contributed by atoms with Crippen LogP contribution in [0, 0.1) is 10.1 Å². The van der Waals surface area contributed by atoms with Gasteiger partial charge in [0.2, 0.25) is 0 Å². The SMILES string of the molecule is CC1=NN(C(=O)c2ccccc2)C(O)(c2ccc([N+](=O)[O-])cc2)C1. The van der Waals surface area contributed by atoms with Crippen LogP contribution >= 0.6 is 0 Å². The molecule has 0 aliphatic carbocycles. The quantitative estimate of drug-likeness (QED) is 0.693. The molecule has 1 aliphatic heterocycles. The number of rotatable bonds is 3. The molecule has 24 heavy (non-hydrogen) atoms. The first-order valence-corrected chi connectivity index (χ1v) is 7.33. The van der Waals surface area contributed by atoms with Crippen LogP contribution in [0.2, 0.25) is 0 Å². The first-order chi connectivity index (χ1) is 11.4. The van der Waals surface area contributed by atoms with E-state index in [0.29, 0.717) is 16.8 Å². The molecule has 7 heteroatoms. The minimum absolute atomic E-state index is 0.0843. The molecule has 1 N–H and O–H groups in total. The Morgan fingerprint density at radius 1 is 1.21 bits per heavy atom. The molecule has 2 aromatic carbocycles. The summed E-state index contributed by atoms with van der Waals surface area (Å²) < 4.78 is 0. The number of carbonyl (C=O) groups is 1. The predicted molar refractivity (Wildman–Crippen MR) is 87.3 cm³/mol. The summed E-state index contributed by atoms with van der Waals surface area (Å²) in [5, 5.41) is 27.1. The van der Waals surface area contributed by atoms with E-state index < -0.39 is 16.6 Å². The molecule has 0 spiro atoms. The fraction of sp³-hybridized carbons (Fsp3) is 0.176. The molecule has 1 atom stereocenters. The van der Waals surface area contributed by atoms with E-state index in [1.165, 1.54) is 24.3 Å². The van der Waals surface area contributed by atoms with Gasteiger partial charge in [-0.3, -0.25) is 14.9 Å². The molecule has 2 aromatic rings. The van der Waals surface area contributed by atoms with Gasteiger partial charge >= 0.3 is 0 Å². The Morgan fingerprint density at radius 2 is 1.83 bits per heavy atom. The van der Waals surface area contributed by atoms with Gasteiger partial charge in [-0.15, -0.1) is 0 Å². The number of non-ortho nitro benzene ring substituents is 1. The van der Waals surface area contributed by atoms with Gasteiger partial charge in [-0.25, -0.2) is 0 Å². The van der Waals surface area contributed by atoms with E-state index >= 15 is 0 Å². The zero-order valence-corrected chi connectivity index (χ0v) is 12.9. The summed E-state index contributed by atoms with van der Waals surface area (Å²) >= 11 is 0. The normalized spacial score (nSPS) is 19.9. The third-order valence-corrected chi connectivity index (χ3v) is 3.88. The van der Waals surface area contributed by atoms with Crippen molar-refractivity contribution in [2.45, 2.75) is 19.1 Å². The van der Waals surface area contributed by atoms with Crippen molar-refractivity contribution in [2.24, 2.45) is 5.10 Å². The number of benzene rings is 2. The molecule has 0 saturated heterocycles. The predicted octanol–water partition coefficient (Wildman–Crippen LogP) is 2.66. The Bertz CT molecular complexity index is 817. The summed E-state index contributed by atoms with van der Waals surface area (Å²) in [5.41, 5.74) is -0.375. The van der Waals surface area contributed by atoms with Gasteiger partial charge in [-0.2, -0.15) is 10.1 Å². The maximum Gasteiger partial charge on any atom is 0.276 e. The number of hydrogen-bond acceptors (Lipinski definition) is 5. The molecule has 0 radical (unpaired) electrons. The van der Waals surface area contributed by atoms with Crippen LogP contribution in [0.15, 0.2) is 59.7 Å². The molecule has 1 heterocycles. The number of nitro groups is 1. The van der Waals surface area contributed by atoms with Crippen LogP contribution < -0.4 is 0 Å². The van der Waals surface area contributed by atoms with Crippen molar-refractivity contribution in [1.82, 2.24) is 5.01 Å². The lowest BCUT2D eigenvalue weighted by Crippen LogP contribution is -2.43. The van der Waals surface area contributed by atoms with Gasteiger partial charge in [0.1, 0.15) is 0 Å². The summed E-state index contributed by atoms with van der Waals surface area (Å²) in [7, 11) is 0. The van der Waals surface area contributed by atoms with Crippen molar-refractivity contribution in [3.8, 4) is 0 Å². The lowest BCUT2D eigenvalue weighted by molar-refractivity contribution is -0.384. The highest BCUT2D eigenvalue weighted by atomic mass is 16.6. The van der Waals surface area contributed by atoms with E-state index in [4.69, 9.17) is 0 Å². The van der Waals surface area contributed by atoms with Crippen molar-refractivity contribution in [3.63, 3.8) is 0 Å². The Morgan fingerprint density at radius 3 is 2.42 bits per heavy atom. The van der Waals surface area contributed by atoms with Crippen LogP contribution in [-0.4, -0.2) is 26.7 Å². The van der Waals surface area contributed by atoms with Crippen LogP contribution in [0.25, 0.3) is 0 Å². The molecular weight excluding hydrogens is 310 g/mol. The lowest BCUT2D eigenvalue weighted by Gasteiger charge is -2.31. The fourth-order valence-corrected chi connectivity index (χ4v) is 2.71. The van der Waals surface area contributed by atoms with Gasteiger partial charge in [-0.05, 0) is 31.2 Å². The van der Waals surface area contributed by atoms with Crippen molar-refractivity contribution in [1.29, 1.82) is 0 Å². The van der Waals surface area contributed by atoms with Gasteiger partial charge in [0.15, 0.2) is 5.72 Å². The second-order valence-corrected chi connectivity index (χ2v) is 5.62. The number of aliphatic hydroxyl groups is 1. The van der Waals surface area contributed by atoms with Crippen LogP contribution in [0.1, 0.15) is 29.3 Å². The Kier molecular flexibility index (Phi) is 3.86. The number of hydrazone groups is 1. The average molecular weight is 325 g/mol. The molecule has 7 nitrogen and oxygen atoms in total. The van der Waals surface area contributed by atoms with Crippen LogP contribution in [0.4, 0.5) is 5.69 Å². The third-order valence-electron chi connectivity index (χ3n) is 3.88. The van der Waals surface area contributed by atoms with E-state index in [-0.39, 0.29) is 12.1 Å². The van der Waals surface area contributed by atoms with E-state index in [0.717, 1.165) is 5.01 Å². The number of nitro benzene ring substituents is 1. The summed E-state index contributed by atoms with van der Waals surface area (Å²) in [6.07, 6.45) is 0.142. The molecule has 1 amide bonds. The van der Waals surface area contributed by atoms with Crippen LogP contribution in [0.3, 0.4) is 0 Å². The topological polar surface area (TPSA) is 96.0 Å². The molecule has 0 bridgehead atoms. The zero-order chi connectivity index (χ0) is 17.3. The molecule has 0 aromatic heterocycles. The summed E-state index contributed by atoms with van der Waals surface area (Å²) in [5.74, 6) is -0.437. The number of amides is 1. The monoisotopic (exact) mass is 325 g/mol. The largest absolute Gasteiger partial charge is 0.365 e. The minimum Gasteiger partial charge on any atom is -0.365 e. The second-order valence-electron chi connectivity index (χ2n) is 5.62. The van der Waals surface area contributed by atoms with Gasteiger partial charge in [0.05, 0.1) is 4.92 Å². The van der Waals surface area contributed by atoms with E-state index in [1.807, 2.05) is 0 Å². The van der Waals surface area contributed by atoms with Crippen molar-refractivity contribution in [2.75, 3.05) is 0 Å². The van der Waals surface area contributed by atoms with Gasteiger partial charge in [0, 0.05) is 35.4 Å². The highest BCUT2D eigenvalue weighted by molar-refractivity contribution is 5.97. The fourth-order valence-electron chi connectivity index (χ4n) is 2.71. The Balaban J connectivity index is 1.98. The molecular formula is C17H15N3O4. The molecule has 1 aliphatic rings. The van der Waals surface area contributed by atoms with Gasteiger partial charge in [-0.1, -0.05) is 18.2 Å². The highest BCUT2D eigenvalue weighted by Gasteiger charge is 2.45. The first-order valence-electron chi connectivity index (χ1n) is 7.33. The van der Waals surface area contributed by atoms with Gasteiger partial charge < -0.3 is 5.11 Å². The summed E-state index contributed by atoms with van der Waals surface area (Å²) in [6, 6.07) is 14.0. The van der Waals surface area contributed by atoms with Crippen LogP contribution in [-0.2, 0) is 5.72 Å². The van der Waals surface area contributed by atoms with Gasteiger partial charge in [0.25, 0.3) is 11.6 Å². The standard InChI is InChI=1S/C17H15N3O4/c1-12-11-17(22,14-7-9-15(10-8-14)20(23)24)19(18-12)16(21)13-5-3-2-4-6-13/h2-10,22H,11H2,1H3. The maximum absolute atomic E-state index is 12.7. The average Bonchev–Trinajstić information content (AvgIpc) is 2.91. The molecule has 3 rings (SSSR count). The molecule has 1 unspecified atom stereocenters. The molecule has 0 saturated carbocycles. The Labute approximate surface area is 138 Å². The second kappa shape index (κ2) is 5.86. The minimum atomic E-state index is -1.66. The number of nitrogens with zero attached hydrogens (tertiary/aromatic N) is 3. The highest BCUT2D eigenvalue weighted by Crippen LogP contribution is 2.36. The van der Waals surface area contributed by atoms with Crippen molar-refractivity contribution < 1.29 is 14.8 Å². The van der Waals surface area contributed by atoms with E-state index in [2.05, 4.69) is 5.10 Å². The van der Waals surface area contributed by atoms with Crippen molar-refractivity contribution in [3.05, 3.63) is 75.8 Å². The molecule has 122 valence electrons. The molecule has 0 fully saturated rings. The zero-order valence-electron chi connectivity index (χ0n) is 12.9. The van der Waals surface area contributed by atoms with E-state index in [1.54, 1.807) is 37.3 Å². The van der Waals surface area contributed by atoms with Crippen molar-refractivity contribution >= 4 is 17.3 Å². The first kappa shape index (κ1) is 15.8. The Hall–Kier alpha value is -3.06. The van der Waals surface area contributed by atoms with Crippen LogP contribution in [0.5, 0.6) is 0 Å². The van der Waals surface area contributed by atoms with E-state index in [9.17, 15) is 20.0 Å². The number of carbonyl (C=O) groups excluding carboxylic acids is 1. The lowest BCUT2D eigenvalue weighted by atomic mass is 9.97. The third kappa shape index (κ3) is 2.65. The number of hydrogen-bond donors (Lipinski definition) is 1. The maximum atomic E-state index is 12.7. The summed E-state index contributed by atoms with van der Waals surface area (Å²) in [4.78, 5) is 23.0. The summed E-state index contributed by atoms with van der Waals surface area (Å²) in [6.45, 7) is 1.72. The smallest absolute Gasteiger partial charge is 0.276 e.